The summed E-state index contributed by atoms with van der Waals surface area (Å²) in [6.07, 6.45) is 1.51. The number of ether oxygens (including phenoxy) is 3. The number of carbonyl (C=O) groups excluding carboxylic acids is 1. The smallest absolute Gasteiger partial charge is 0.338 e. The molecule has 228 valence electrons. The summed E-state index contributed by atoms with van der Waals surface area (Å²) in [5.74, 6) is 1.27. The van der Waals surface area contributed by atoms with Crippen molar-refractivity contribution in [2.24, 2.45) is 4.99 Å². The van der Waals surface area contributed by atoms with Gasteiger partial charge in [0.2, 0.25) is 0 Å². The first-order chi connectivity index (χ1) is 21.0. The average Bonchev–Trinajstić information content (AvgIpc) is 3.56. The highest BCUT2D eigenvalue weighted by Crippen LogP contribution is 2.37. The molecule has 11 nitrogen and oxygen atoms in total. The van der Waals surface area contributed by atoms with Gasteiger partial charge in [-0.3, -0.25) is 19.5 Å². The van der Waals surface area contributed by atoms with Crippen molar-refractivity contribution in [2.45, 2.75) is 39.8 Å². The van der Waals surface area contributed by atoms with E-state index in [1.165, 1.54) is 23.8 Å². The van der Waals surface area contributed by atoms with Crippen molar-refractivity contribution < 1.29 is 28.3 Å². The molecule has 44 heavy (non-hydrogen) atoms. The first-order valence-electron chi connectivity index (χ1n) is 13.6. The lowest BCUT2D eigenvalue weighted by Gasteiger charge is -2.25. The van der Waals surface area contributed by atoms with Gasteiger partial charge in [0.15, 0.2) is 16.3 Å². The fourth-order valence-electron chi connectivity index (χ4n) is 4.83. The zero-order valence-corrected chi connectivity index (χ0v) is 26.9. The number of non-ortho nitro benzene ring substituents is 1. The minimum Gasteiger partial charge on any atom is -0.493 e. The minimum absolute atomic E-state index is 0.0553. The van der Waals surface area contributed by atoms with Gasteiger partial charge in [-0.1, -0.05) is 17.4 Å². The lowest BCUT2D eigenvalue weighted by Crippen LogP contribution is -2.40. The number of hydrogen-bond acceptors (Lipinski definition) is 10. The number of furan rings is 1. The number of fused-ring (bicyclic) bond motifs is 1. The second-order valence-corrected chi connectivity index (χ2v) is 11.9. The number of rotatable bonds is 9. The van der Waals surface area contributed by atoms with Crippen LogP contribution in [0.15, 0.2) is 78.5 Å². The average molecular weight is 683 g/mol. The molecule has 0 aliphatic carbocycles. The van der Waals surface area contributed by atoms with Gasteiger partial charge in [0.1, 0.15) is 11.5 Å². The molecule has 0 spiro atoms. The van der Waals surface area contributed by atoms with Gasteiger partial charge in [-0.2, -0.15) is 0 Å². The summed E-state index contributed by atoms with van der Waals surface area (Å²) in [7, 11) is 1.53. The Bertz CT molecular complexity index is 1990. The number of carbonyl (C=O) groups is 1. The van der Waals surface area contributed by atoms with Crippen molar-refractivity contribution in [1.29, 1.82) is 0 Å². The van der Waals surface area contributed by atoms with Gasteiger partial charge >= 0.3 is 5.97 Å². The van der Waals surface area contributed by atoms with Gasteiger partial charge in [0.25, 0.3) is 11.2 Å². The van der Waals surface area contributed by atoms with E-state index in [9.17, 15) is 19.7 Å². The van der Waals surface area contributed by atoms with E-state index in [0.717, 1.165) is 11.3 Å². The number of benzene rings is 2. The maximum atomic E-state index is 14.0. The van der Waals surface area contributed by atoms with Crippen LogP contribution in [0.25, 0.3) is 17.4 Å². The Morgan fingerprint density at radius 1 is 1.20 bits per heavy atom. The molecule has 3 heterocycles. The van der Waals surface area contributed by atoms with Crippen molar-refractivity contribution in [3.8, 4) is 22.8 Å². The number of allylic oxidation sites excluding steroid dienone is 1. The molecule has 1 aliphatic rings. The Balaban J connectivity index is 1.62. The van der Waals surface area contributed by atoms with Crippen LogP contribution in [0.1, 0.15) is 45.1 Å². The summed E-state index contributed by atoms with van der Waals surface area (Å²) >= 11 is 4.53. The summed E-state index contributed by atoms with van der Waals surface area (Å²) in [5, 5.41) is 11.1. The van der Waals surface area contributed by atoms with E-state index in [0.29, 0.717) is 53.6 Å². The van der Waals surface area contributed by atoms with E-state index in [1.807, 2.05) is 13.8 Å². The molecule has 1 aliphatic heterocycles. The van der Waals surface area contributed by atoms with Crippen LogP contribution in [0.4, 0.5) is 5.69 Å². The van der Waals surface area contributed by atoms with Gasteiger partial charge in [0, 0.05) is 28.2 Å². The number of hydrogen-bond donors (Lipinski definition) is 0. The molecule has 0 saturated carbocycles. The third kappa shape index (κ3) is 5.97. The predicted molar refractivity (Wildman–Crippen MR) is 168 cm³/mol. The molecule has 0 amide bonds. The molecule has 0 bridgehead atoms. The van der Waals surface area contributed by atoms with Crippen molar-refractivity contribution >= 4 is 45.0 Å². The largest absolute Gasteiger partial charge is 0.493 e. The van der Waals surface area contributed by atoms with Crippen LogP contribution in [0.2, 0.25) is 0 Å². The lowest BCUT2D eigenvalue weighted by molar-refractivity contribution is -0.384. The summed E-state index contributed by atoms with van der Waals surface area (Å²) < 4.78 is 25.2. The van der Waals surface area contributed by atoms with Crippen molar-refractivity contribution in [1.82, 2.24) is 4.57 Å². The van der Waals surface area contributed by atoms with Gasteiger partial charge < -0.3 is 18.6 Å². The molecule has 1 atom stereocenters. The molecular weight excluding hydrogens is 654 g/mol. The Morgan fingerprint density at radius 2 is 1.98 bits per heavy atom. The molecule has 13 heteroatoms. The van der Waals surface area contributed by atoms with Crippen molar-refractivity contribution in [2.75, 3.05) is 13.7 Å². The Hall–Kier alpha value is -4.49. The number of thiazole rings is 1. The Labute approximate surface area is 264 Å². The Kier molecular flexibility index (Phi) is 8.88. The highest BCUT2D eigenvalue weighted by atomic mass is 79.9. The third-order valence-corrected chi connectivity index (χ3v) is 8.35. The fraction of sp³-hybridized carbons (Fsp3) is 0.258. The first-order valence-corrected chi connectivity index (χ1v) is 15.2. The summed E-state index contributed by atoms with van der Waals surface area (Å²) in [6.45, 7) is 7.39. The topological polar surface area (TPSA) is 135 Å². The number of aromatic nitrogens is 1. The fourth-order valence-corrected chi connectivity index (χ4v) is 6.42. The zero-order valence-electron chi connectivity index (χ0n) is 24.5. The van der Waals surface area contributed by atoms with E-state index in [4.69, 9.17) is 18.6 Å². The van der Waals surface area contributed by atoms with E-state index in [1.54, 1.807) is 56.3 Å². The quantitative estimate of drug-likeness (QED) is 0.128. The number of nitrogens with zero attached hydrogens (tertiary/aromatic N) is 3. The van der Waals surface area contributed by atoms with E-state index >= 15 is 0 Å². The molecule has 0 unspecified atom stereocenters. The maximum absolute atomic E-state index is 14.0. The molecule has 0 saturated heterocycles. The number of nitro benzene ring substituents is 1. The molecular formula is C31H28BrN3O8S. The molecule has 0 radical (unpaired) electrons. The standard InChI is InChI=1S/C31H28BrN3O8S/c1-6-41-30(37)27-17(4)33-31-34(28(27)18-7-11-24(42-16(2)3)25(13-18)40-5)29(36)26(44-31)15-20-9-12-23(43-20)21-10-8-19(35(38)39)14-22(21)32/h7-16,28H,6H2,1-5H3/b26-15+/t28-/m1/s1. The van der Waals surface area contributed by atoms with Crippen LogP contribution in [0.3, 0.4) is 0 Å². The van der Waals surface area contributed by atoms with Crippen LogP contribution in [-0.2, 0) is 9.53 Å². The van der Waals surface area contributed by atoms with E-state index < -0.39 is 16.9 Å². The minimum atomic E-state index is -0.835. The SMILES string of the molecule is CCOC(=O)C1=C(C)N=c2s/c(=C/c3ccc(-c4ccc([N+](=O)[O-])cc4Br)o3)c(=O)n2[C@@H]1c1ccc(OC(C)C)c(OC)c1. The molecule has 0 fully saturated rings. The van der Waals surface area contributed by atoms with Crippen molar-refractivity contribution in [3.63, 3.8) is 0 Å². The van der Waals surface area contributed by atoms with Crippen molar-refractivity contribution in [3.05, 3.63) is 105 Å². The first kappa shape index (κ1) is 31.0. The van der Waals surface area contributed by atoms with Gasteiger partial charge in [-0.15, -0.1) is 0 Å². The highest BCUT2D eigenvalue weighted by Gasteiger charge is 2.34. The van der Waals surface area contributed by atoms with Crippen LogP contribution in [-0.4, -0.2) is 35.3 Å². The van der Waals surface area contributed by atoms with E-state index in [-0.39, 0.29) is 29.5 Å². The number of nitro groups is 1. The van der Waals surface area contributed by atoms with Gasteiger partial charge in [-0.05, 0) is 79.5 Å². The third-order valence-electron chi connectivity index (χ3n) is 6.71. The predicted octanol–water partition coefficient (Wildman–Crippen LogP) is 5.52. The maximum Gasteiger partial charge on any atom is 0.338 e. The summed E-state index contributed by atoms with van der Waals surface area (Å²) in [5.41, 5.74) is 1.49. The molecule has 5 rings (SSSR count). The number of methoxy groups -OCH3 is 1. The lowest BCUT2D eigenvalue weighted by atomic mass is 9.95. The summed E-state index contributed by atoms with van der Waals surface area (Å²) in [6, 6.07) is 12.3. The zero-order chi connectivity index (χ0) is 31.7. The van der Waals surface area contributed by atoms with Gasteiger partial charge in [-0.25, -0.2) is 9.79 Å². The normalized spacial score (nSPS) is 14.8. The monoisotopic (exact) mass is 681 g/mol. The molecule has 2 aromatic carbocycles. The van der Waals surface area contributed by atoms with Crippen LogP contribution in [0, 0.1) is 10.1 Å². The second-order valence-electron chi connectivity index (χ2n) is 10.0. The molecule has 2 aromatic heterocycles. The van der Waals surface area contributed by atoms with E-state index in [2.05, 4.69) is 20.9 Å². The second kappa shape index (κ2) is 12.6. The Morgan fingerprint density at radius 3 is 2.64 bits per heavy atom. The molecule has 0 N–H and O–H groups in total. The number of esters is 1. The summed E-state index contributed by atoms with van der Waals surface area (Å²) in [4.78, 5) is 42.8. The van der Waals surface area contributed by atoms with Gasteiger partial charge in [0.05, 0.1) is 46.6 Å². The van der Waals surface area contributed by atoms with Crippen LogP contribution >= 0.6 is 27.3 Å². The van der Waals surface area contributed by atoms with Crippen LogP contribution in [0.5, 0.6) is 11.5 Å². The molecule has 4 aromatic rings. The number of halogens is 1. The highest BCUT2D eigenvalue weighted by molar-refractivity contribution is 9.10. The van der Waals surface area contributed by atoms with Crippen LogP contribution < -0.4 is 24.4 Å².